The van der Waals surface area contributed by atoms with Gasteiger partial charge in [-0.1, -0.05) is 38.5 Å². The number of rotatable bonds is 70. The van der Waals surface area contributed by atoms with Gasteiger partial charge >= 0.3 is 0 Å². The number of nitrogens with zero attached hydrogens (tertiary/aromatic N) is 5. The number of nitrogens with one attached hydrogen (secondary N) is 10. The molecule has 7 heterocycles. The van der Waals surface area contributed by atoms with Gasteiger partial charge in [0.25, 0.3) is 7.82 Å². The first-order chi connectivity index (χ1) is 67.6. The van der Waals surface area contributed by atoms with Crippen LogP contribution in [0.4, 0.5) is 5.82 Å². The molecule has 141 heavy (non-hydrogen) atoms. The van der Waals surface area contributed by atoms with E-state index in [4.69, 9.17) is 62.1 Å². The number of β-amino-alcohol motifs (C(OH)–C–C–N with tert-alkyl or cyclic N) is 1. The van der Waals surface area contributed by atoms with E-state index in [1.165, 1.54) is 42.9 Å². The van der Waals surface area contributed by atoms with E-state index in [1.54, 1.807) is 0 Å². The van der Waals surface area contributed by atoms with Gasteiger partial charge in [0.2, 0.25) is 65.0 Å². The minimum Gasteiger partial charge on any atom is -0.756 e. The number of likely N-dealkylation sites (tertiary alicyclic amines) is 1. The van der Waals surface area contributed by atoms with Crippen LogP contribution in [0.25, 0.3) is 11.2 Å². The van der Waals surface area contributed by atoms with Crippen LogP contribution in [0.5, 0.6) is 0 Å². The van der Waals surface area contributed by atoms with E-state index in [9.17, 15) is 118 Å². The number of hydrogen-bond acceptors (Lipinski definition) is 40. The fourth-order valence-electron chi connectivity index (χ4n) is 16.4. The molecule has 0 saturated carbocycles. The van der Waals surface area contributed by atoms with Gasteiger partial charge in [-0.25, -0.2) is 15.0 Å². The second-order valence-corrected chi connectivity index (χ2v) is 37.0. The molecular formula is C88H150N16O36P-. The number of carbonyl (C=O) groups excluding carboxylic acids is 11. The average Bonchev–Trinajstić information content (AvgIpc) is 1.61. The largest absolute Gasteiger partial charge is 0.756 e. The second-order valence-electron chi connectivity index (χ2n) is 35.6. The number of aromatic nitrogens is 4. The minimum atomic E-state index is -5.07. The summed E-state index contributed by atoms with van der Waals surface area (Å²) < 4.78 is 83.7. The van der Waals surface area contributed by atoms with E-state index in [0.717, 1.165) is 25.7 Å². The summed E-state index contributed by atoms with van der Waals surface area (Å²) in [5.74, 6) is -4.16. The van der Waals surface area contributed by atoms with Crippen LogP contribution in [0, 0.1) is 0 Å². The van der Waals surface area contributed by atoms with Gasteiger partial charge in [0.05, 0.1) is 97.3 Å². The normalized spacial score (nSPS) is 25.9. The number of amides is 11. The molecule has 3 unspecified atom stereocenters. The molecule has 5 aliphatic rings. The van der Waals surface area contributed by atoms with Crippen LogP contribution in [0.1, 0.15) is 200 Å². The molecule has 21 atom stereocenters. The Morgan fingerprint density at radius 2 is 0.809 bits per heavy atom. The van der Waals surface area contributed by atoms with Crippen LogP contribution < -0.4 is 63.8 Å². The summed E-state index contributed by atoms with van der Waals surface area (Å²) in [6.07, 6.45) is -8.43. The maximum Gasteiger partial charge on any atom is 0.268 e. The van der Waals surface area contributed by atoms with Crippen LogP contribution in [0.3, 0.4) is 0 Å². The predicted octanol–water partition coefficient (Wildman–Crippen LogP) is -6.24. The molecule has 5 aliphatic heterocycles. The number of imidazole rings is 1. The van der Waals surface area contributed by atoms with E-state index in [1.807, 2.05) is 0 Å². The number of fused-ring (bicyclic) bond motifs is 1. The molecule has 0 bridgehead atoms. The van der Waals surface area contributed by atoms with Crippen molar-refractivity contribution in [2.75, 3.05) is 144 Å². The summed E-state index contributed by atoms with van der Waals surface area (Å²) in [5.41, 5.74) is 5.07. The monoisotopic (exact) mass is 2040 g/mol. The molecule has 0 spiro atoms. The fourth-order valence-corrected chi connectivity index (χ4v) is 17.3. The lowest BCUT2D eigenvalue weighted by Crippen LogP contribution is -2.64. The highest BCUT2D eigenvalue weighted by molar-refractivity contribution is 7.45. The Morgan fingerprint density at radius 1 is 0.447 bits per heavy atom. The summed E-state index contributed by atoms with van der Waals surface area (Å²) in [6, 6.07) is -4.12. The lowest BCUT2D eigenvalue weighted by Gasteiger charge is -2.42. The van der Waals surface area contributed by atoms with Crippen LogP contribution in [0.2, 0.25) is 0 Å². The first-order valence-electron chi connectivity index (χ1n) is 48.6. The Kier molecular flexibility index (Phi) is 54.9. The zero-order valence-electron chi connectivity index (χ0n) is 80.5. The van der Waals surface area contributed by atoms with Crippen molar-refractivity contribution in [2.24, 2.45) is 0 Å². The van der Waals surface area contributed by atoms with Gasteiger partial charge < -0.3 is 181 Å². The van der Waals surface area contributed by atoms with Crippen molar-refractivity contribution in [3.8, 4) is 0 Å². The third-order valence-corrected chi connectivity index (χ3v) is 24.9. The quantitative estimate of drug-likeness (QED) is 0.0216. The van der Waals surface area contributed by atoms with Crippen molar-refractivity contribution in [2.45, 2.75) is 322 Å². The highest BCUT2D eigenvalue weighted by Gasteiger charge is 2.49. The standard InChI is InChI=1S/C88H151N16O36P/c1-54(109)99-73-80(124)77(121)61(45-106)137-85(73)132-35-15-12-21-64(113)90-29-18-32-93-67(116)26-38-129-49-88(50-130-39-27-68(117)94-33-19-30-91-65(114)22-13-16-36-133-86-74(100-55(2)110)81(125)78(122)62(46-107)138-86,51-131-40-28-69(118)95-34-20-31-92-66(115)23-14-17-37-134-87-75(101-56(3)111)82(126)79(123)63(47-108)139-87)102-70(119)24-10-8-6-4-5-7-9-11-25-71(120)103-43-58(112)41-57(103)48-135-141(127,128)140-59-42-72(136-60(59)44-105)104-53-98-76-83(89)96-52-97-84(76)104/h52-53,57-63,72-75,77-82,85-87,105-108,112,121-126H,4-51H2,1-3H3,(H,90,113)(H,91,114)(H,92,115)(H,93,116)(H,94,117)(H,95,118)(H,99,109)(H,100,110)(H,101,111)(H,102,119)(H,127,128)(H2,89,96,97)/p-1/t57-,58+,59-,60+,61+,62+,63+,72+,73+,74+,75+,77-,78-,79-,80+,81+,82+,85+,86?,87?,88?/m0/s1. The Labute approximate surface area is 817 Å². The molecule has 0 radical (unpaired) electrons. The maximum absolute atomic E-state index is 14.2. The fraction of sp³-hybridized carbons (Fsp3) is 0.818. The number of carbonyl (C=O) groups is 11. The number of hydrogen-bond donors (Lipinski definition) is 22. The number of phosphoric ester groups is 1. The van der Waals surface area contributed by atoms with Crippen molar-refractivity contribution in [3.63, 3.8) is 0 Å². The topological polar surface area (TPSA) is 754 Å². The summed E-state index contributed by atoms with van der Waals surface area (Å²) >= 11 is 0. The van der Waals surface area contributed by atoms with Gasteiger partial charge in [0.1, 0.15) is 103 Å². The number of nitrogens with two attached hydrogens (primary N) is 1. The predicted molar refractivity (Wildman–Crippen MR) is 491 cm³/mol. The zero-order chi connectivity index (χ0) is 103. The second kappa shape index (κ2) is 64.6. The number of nitrogen functional groups attached to an aromatic ring is 1. The Bertz CT molecular complexity index is 3920. The summed E-state index contributed by atoms with van der Waals surface area (Å²) in [5, 5.41) is 139. The van der Waals surface area contributed by atoms with E-state index < -0.39 is 210 Å². The Balaban J connectivity index is 0.879. The maximum atomic E-state index is 14.2. The van der Waals surface area contributed by atoms with Gasteiger partial charge in [0.15, 0.2) is 30.3 Å². The Hall–Kier alpha value is -8.21. The average molecular weight is 2040 g/mol. The number of unbranched alkanes of at least 4 members (excludes halogenated alkanes) is 10. The van der Waals surface area contributed by atoms with Crippen molar-refractivity contribution in [1.29, 1.82) is 0 Å². The molecule has 23 N–H and O–H groups in total. The zero-order valence-corrected chi connectivity index (χ0v) is 81.4. The molecule has 11 amide bonds. The first-order valence-corrected chi connectivity index (χ1v) is 50.0. The highest BCUT2D eigenvalue weighted by Crippen LogP contribution is 2.46. The van der Waals surface area contributed by atoms with Crippen molar-refractivity contribution in [1.82, 2.24) is 77.6 Å². The number of aliphatic hydroxyl groups is 11. The van der Waals surface area contributed by atoms with Crippen LogP contribution in [-0.2, 0) is 114 Å². The van der Waals surface area contributed by atoms with Gasteiger partial charge in [0, 0.05) is 144 Å². The molecule has 0 aliphatic carbocycles. The molecule has 53 heteroatoms. The third kappa shape index (κ3) is 42.8. The van der Waals surface area contributed by atoms with Crippen LogP contribution >= 0.6 is 7.82 Å². The van der Waals surface area contributed by atoms with Crippen LogP contribution in [0.15, 0.2) is 12.7 Å². The van der Waals surface area contributed by atoms with E-state index in [0.29, 0.717) is 94.6 Å². The molecule has 2 aromatic rings. The number of aliphatic hydroxyl groups excluding tert-OH is 11. The van der Waals surface area contributed by atoms with Crippen LogP contribution in [-0.4, -0.2) is 406 Å². The summed E-state index contributed by atoms with van der Waals surface area (Å²) in [6.45, 7) is 0.647. The van der Waals surface area contributed by atoms with Gasteiger partial charge in [-0.2, -0.15) is 0 Å². The lowest BCUT2D eigenvalue weighted by atomic mass is 9.97. The van der Waals surface area contributed by atoms with Gasteiger partial charge in [-0.05, 0) is 77.0 Å². The van der Waals surface area contributed by atoms with E-state index >= 15 is 0 Å². The van der Waals surface area contributed by atoms with Gasteiger partial charge in [-0.3, -0.25) is 61.9 Å². The Morgan fingerprint density at radius 3 is 1.19 bits per heavy atom. The summed E-state index contributed by atoms with van der Waals surface area (Å²) in [7, 11) is -5.07. The molecule has 7 rings (SSSR count). The molecule has 804 valence electrons. The minimum absolute atomic E-state index is 0.0226. The molecule has 0 aromatic carbocycles. The van der Waals surface area contributed by atoms with Crippen molar-refractivity contribution < 1.29 is 175 Å². The van der Waals surface area contributed by atoms with Crippen molar-refractivity contribution in [3.05, 3.63) is 12.7 Å². The number of anilines is 1. The molecule has 5 fully saturated rings. The number of ether oxygens (including phenoxy) is 10. The number of phosphoric acid groups is 1. The smallest absolute Gasteiger partial charge is 0.268 e. The molecule has 2 aromatic heterocycles. The molecule has 52 nitrogen and oxygen atoms in total. The van der Waals surface area contributed by atoms with Crippen molar-refractivity contribution >= 4 is 89.8 Å². The van der Waals surface area contributed by atoms with Gasteiger partial charge in [-0.15, -0.1) is 0 Å². The SMILES string of the molecule is CC(=O)N[C@H]1[C@H](OCCCCC(=O)NCCCNC(=O)CCOCC(COCCC(=O)NCCCNC(=O)CCCCOC2O[C@H](CO)[C@H](O)[C@H](O)[C@H]2NC(C)=O)(COCCC(=O)NCCCNC(=O)CCCCOC2O[C@H](CO)[C@H](O)[C@H](O)[C@H]2NC(C)=O)NC(=O)CCCCCCCCCCC(=O)N2C[C@H](O)C[C@H]2COP(=O)([O-])O[C@H]2C[C@H](n3cnc4c(N)ncnc43)O[C@@H]2CO)O[C@H](CO)[C@H](O)[C@@H]1O. The molecule has 5 saturated heterocycles. The first kappa shape index (κ1) is 120. The lowest BCUT2D eigenvalue weighted by molar-refractivity contribution is -0.270. The molecular weight excluding hydrogens is 1890 g/mol. The summed E-state index contributed by atoms with van der Waals surface area (Å²) in [4.78, 5) is 168. The van der Waals surface area contributed by atoms with E-state index in [2.05, 4.69) is 68.1 Å². The highest BCUT2D eigenvalue weighted by atomic mass is 31.2. The third-order valence-electron chi connectivity index (χ3n) is 24.0. The van der Waals surface area contributed by atoms with E-state index in [-0.39, 0.29) is 199 Å².